The second-order valence-electron chi connectivity index (χ2n) is 6.58. The van der Waals surface area contributed by atoms with Crippen molar-refractivity contribution in [2.45, 2.75) is 12.7 Å². The molecule has 1 amide bonds. The van der Waals surface area contributed by atoms with Crippen molar-refractivity contribution in [3.63, 3.8) is 0 Å². The summed E-state index contributed by atoms with van der Waals surface area (Å²) in [4.78, 5) is 28.4. The molecule has 0 saturated carbocycles. The van der Waals surface area contributed by atoms with Gasteiger partial charge in [-0.1, -0.05) is 12.1 Å². The Morgan fingerprint density at radius 2 is 1.75 bits per heavy atom. The quantitative estimate of drug-likeness (QED) is 0.588. The van der Waals surface area contributed by atoms with Gasteiger partial charge in [-0.3, -0.25) is 14.2 Å². The molecule has 0 aliphatic rings. The second-order valence-corrected chi connectivity index (χ2v) is 6.58. The first-order valence-electron chi connectivity index (χ1n) is 8.80. The number of amides is 1. The minimum Gasteiger partial charge on any atom is -0.501 e. The zero-order valence-corrected chi connectivity index (χ0v) is 16.1. The second kappa shape index (κ2) is 8.36. The Kier molecular flexibility index (Phi) is 5.97. The van der Waals surface area contributed by atoms with Gasteiger partial charge in [0.2, 0.25) is 5.75 Å². The van der Waals surface area contributed by atoms with Crippen LogP contribution in [0.1, 0.15) is 21.6 Å². The number of carbonyl (C=O) groups excluding carboxylic acids is 1. The number of hydrogen-bond acceptors (Lipinski definition) is 4. The van der Waals surface area contributed by atoms with E-state index in [1.54, 1.807) is 0 Å². The highest BCUT2D eigenvalue weighted by molar-refractivity contribution is 5.95. The summed E-state index contributed by atoms with van der Waals surface area (Å²) in [6.45, 7) is -0.770. The standard InChI is InChI=1S/C20H13F6N3O3/c1-29-17(14-12(22)3-2-4-13(14)23)28-15(16(30)19(29)32)18(31)27-8-9-5-6-10(21)7-11(9)20(24,25)26/h2-7,30H,8H2,1H3,(H,27,31). The van der Waals surface area contributed by atoms with E-state index < -0.39 is 75.6 Å². The fourth-order valence-electron chi connectivity index (χ4n) is 2.91. The van der Waals surface area contributed by atoms with Crippen LogP contribution in [0.5, 0.6) is 5.75 Å². The summed E-state index contributed by atoms with van der Waals surface area (Å²) in [7, 11) is 1.05. The van der Waals surface area contributed by atoms with Gasteiger partial charge in [0.25, 0.3) is 11.5 Å². The third-order valence-electron chi connectivity index (χ3n) is 4.49. The topological polar surface area (TPSA) is 84.2 Å². The number of benzene rings is 2. The number of nitrogens with zero attached hydrogens (tertiary/aromatic N) is 2. The summed E-state index contributed by atoms with van der Waals surface area (Å²) >= 11 is 0. The Balaban J connectivity index is 2.00. The van der Waals surface area contributed by atoms with Gasteiger partial charge in [0.1, 0.15) is 23.3 Å². The van der Waals surface area contributed by atoms with Crippen LogP contribution in [0.3, 0.4) is 0 Å². The van der Waals surface area contributed by atoms with Gasteiger partial charge in [-0.05, 0) is 29.8 Å². The van der Waals surface area contributed by atoms with Crippen molar-refractivity contribution in [1.82, 2.24) is 14.9 Å². The molecule has 0 spiro atoms. The van der Waals surface area contributed by atoms with E-state index in [0.717, 1.165) is 37.4 Å². The molecule has 2 aromatic carbocycles. The van der Waals surface area contributed by atoms with Crippen LogP contribution < -0.4 is 10.9 Å². The van der Waals surface area contributed by atoms with Crippen LogP contribution in [-0.4, -0.2) is 20.6 Å². The molecule has 6 nitrogen and oxygen atoms in total. The van der Waals surface area contributed by atoms with Gasteiger partial charge in [-0.25, -0.2) is 18.2 Å². The number of carbonyl (C=O) groups is 1. The van der Waals surface area contributed by atoms with Crippen molar-refractivity contribution >= 4 is 5.91 Å². The molecule has 0 aliphatic carbocycles. The molecule has 0 atom stereocenters. The van der Waals surface area contributed by atoms with Crippen molar-refractivity contribution < 1.29 is 36.2 Å². The van der Waals surface area contributed by atoms with Crippen molar-refractivity contribution in [2.24, 2.45) is 7.05 Å². The average molecular weight is 457 g/mol. The maximum Gasteiger partial charge on any atom is 0.416 e. The number of rotatable bonds is 4. The van der Waals surface area contributed by atoms with E-state index >= 15 is 0 Å². The van der Waals surface area contributed by atoms with Gasteiger partial charge in [0, 0.05) is 13.6 Å². The maximum absolute atomic E-state index is 14.1. The Hall–Kier alpha value is -3.83. The highest BCUT2D eigenvalue weighted by Crippen LogP contribution is 2.32. The predicted octanol–water partition coefficient (Wildman–Crippen LogP) is 3.52. The molecule has 168 valence electrons. The molecule has 3 rings (SSSR count). The van der Waals surface area contributed by atoms with Crippen molar-refractivity contribution in [3.8, 4) is 17.1 Å². The average Bonchev–Trinajstić information content (AvgIpc) is 2.71. The first-order chi connectivity index (χ1) is 14.9. The lowest BCUT2D eigenvalue weighted by Crippen LogP contribution is -2.30. The minimum absolute atomic E-state index is 0.245. The fraction of sp³-hybridized carbons (Fsp3) is 0.150. The number of halogens is 6. The molecule has 3 aromatic rings. The number of hydrogen-bond donors (Lipinski definition) is 2. The Labute approximate surface area is 175 Å². The third kappa shape index (κ3) is 4.29. The van der Waals surface area contributed by atoms with Gasteiger partial charge in [0.05, 0.1) is 11.1 Å². The van der Waals surface area contributed by atoms with Gasteiger partial charge in [-0.15, -0.1) is 0 Å². The van der Waals surface area contributed by atoms with Gasteiger partial charge < -0.3 is 10.4 Å². The van der Waals surface area contributed by atoms with Crippen LogP contribution in [0.4, 0.5) is 26.3 Å². The smallest absolute Gasteiger partial charge is 0.416 e. The van der Waals surface area contributed by atoms with E-state index in [1.807, 2.05) is 5.32 Å². The number of nitrogens with one attached hydrogen (secondary N) is 1. The van der Waals surface area contributed by atoms with Crippen LogP contribution >= 0.6 is 0 Å². The van der Waals surface area contributed by atoms with E-state index in [2.05, 4.69) is 4.98 Å². The molecule has 0 bridgehead atoms. The molecule has 0 unspecified atom stereocenters. The van der Waals surface area contributed by atoms with Crippen molar-refractivity contribution in [3.05, 3.63) is 81.0 Å². The number of aromatic hydroxyl groups is 1. The summed E-state index contributed by atoms with van der Waals surface area (Å²) in [5, 5.41) is 12.0. The van der Waals surface area contributed by atoms with E-state index in [-0.39, 0.29) is 6.07 Å². The fourth-order valence-corrected chi connectivity index (χ4v) is 2.91. The molecular weight excluding hydrogens is 444 g/mol. The molecule has 32 heavy (non-hydrogen) atoms. The Bertz CT molecular complexity index is 1250. The summed E-state index contributed by atoms with van der Waals surface area (Å²) in [6, 6.07) is 4.62. The van der Waals surface area contributed by atoms with Gasteiger partial charge in [0.15, 0.2) is 5.69 Å². The SMILES string of the molecule is Cn1c(-c2c(F)cccc2F)nc(C(=O)NCc2ccc(F)cc2C(F)(F)F)c(O)c1=O. The molecule has 1 aromatic heterocycles. The normalized spacial score (nSPS) is 11.5. The van der Waals surface area contributed by atoms with E-state index in [4.69, 9.17) is 0 Å². The minimum atomic E-state index is -4.92. The first-order valence-corrected chi connectivity index (χ1v) is 8.80. The lowest BCUT2D eigenvalue weighted by atomic mass is 10.1. The molecular formula is C20H13F6N3O3. The van der Waals surface area contributed by atoms with E-state index in [0.29, 0.717) is 4.57 Å². The summed E-state index contributed by atoms with van der Waals surface area (Å²) < 4.78 is 81.4. The summed E-state index contributed by atoms with van der Waals surface area (Å²) in [5.74, 6) is -6.46. The van der Waals surface area contributed by atoms with Gasteiger partial charge in [-0.2, -0.15) is 13.2 Å². The maximum atomic E-state index is 14.1. The first kappa shape index (κ1) is 22.8. The van der Waals surface area contributed by atoms with Crippen molar-refractivity contribution in [1.29, 1.82) is 0 Å². The molecule has 1 heterocycles. The third-order valence-corrected chi connectivity index (χ3v) is 4.49. The summed E-state index contributed by atoms with van der Waals surface area (Å²) in [5.41, 5.74) is -4.77. The number of alkyl halides is 3. The molecule has 0 fully saturated rings. The van der Waals surface area contributed by atoms with Crippen LogP contribution in [0.2, 0.25) is 0 Å². The monoisotopic (exact) mass is 457 g/mol. The predicted molar refractivity (Wildman–Crippen MR) is 99.1 cm³/mol. The van der Waals surface area contributed by atoms with Crippen LogP contribution in [0, 0.1) is 17.5 Å². The van der Waals surface area contributed by atoms with Crippen LogP contribution in [0.15, 0.2) is 41.2 Å². The Morgan fingerprint density at radius 3 is 2.34 bits per heavy atom. The van der Waals surface area contributed by atoms with Gasteiger partial charge >= 0.3 is 6.18 Å². The zero-order valence-electron chi connectivity index (χ0n) is 16.1. The largest absolute Gasteiger partial charge is 0.501 e. The Morgan fingerprint density at radius 1 is 1.12 bits per heavy atom. The van der Waals surface area contributed by atoms with Crippen LogP contribution in [-0.2, 0) is 19.8 Å². The van der Waals surface area contributed by atoms with E-state index in [1.165, 1.54) is 0 Å². The zero-order chi connectivity index (χ0) is 23.8. The van der Waals surface area contributed by atoms with Crippen LogP contribution in [0.25, 0.3) is 11.4 Å². The highest BCUT2D eigenvalue weighted by Gasteiger charge is 2.34. The molecule has 0 aliphatic heterocycles. The van der Waals surface area contributed by atoms with E-state index in [9.17, 15) is 41.0 Å². The molecule has 2 N–H and O–H groups in total. The summed E-state index contributed by atoms with van der Waals surface area (Å²) in [6.07, 6.45) is -4.92. The lowest BCUT2D eigenvalue weighted by Gasteiger charge is -2.15. The van der Waals surface area contributed by atoms with Crippen molar-refractivity contribution in [2.75, 3.05) is 0 Å². The molecule has 0 radical (unpaired) electrons. The highest BCUT2D eigenvalue weighted by atomic mass is 19.4. The lowest BCUT2D eigenvalue weighted by molar-refractivity contribution is -0.138. The molecule has 0 saturated heterocycles. The number of aromatic nitrogens is 2. The molecule has 12 heteroatoms.